The van der Waals surface area contributed by atoms with E-state index in [1.807, 2.05) is 35.7 Å². The molecule has 0 unspecified atom stereocenters. The Balaban J connectivity index is 1.87. The molecule has 0 saturated carbocycles. The Labute approximate surface area is 140 Å². The summed E-state index contributed by atoms with van der Waals surface area (Å²) in [5.74, 6) is -0.285. The van der Waals surface area contributed by atoms with Crippen molar-refractivity contribution in [2.24, 2.45) is 0 Å². The maximum atomic E-state index is 12.6. The third-order valence-corrected chi connectivity index (χ3v) is 5.12. The molecule has 0 amide bonds. The summed E-state index contributed by atoms with van der Waals surface area (Å²) in [6.07, 6.45) is 3.60. The first-order valence-electron chi connectivity index (χ1n) is 7.41. The average Bonchev–Trinajstić information content (AvgIpc) is 2.95. The van der Waals surface area contributed by atoms with Crippen LogP contribution in [-0.4, -0.2) is 23.6 Å². The monoisotopic (exact) mass is 343 g/mol. The van der Waals surface area contributed by atoms with Crippen LogP contribution in [0.2, 0.25) is 0 Å². The topological polar surface area (TPSA) is 80.5 Å². The molecular formula is C17H17N3O3S. The molecule has 1 N–H and O–H groups in total. The van der Waals surface area contributed by atoms with Crippen LogP contribution in [0.5, 0.6) is 0 Å². The molecule has 0 spiro atoms. The number of aromatic nitrogens is 2. The number of aryl methyl sites for hydroxylation is 1. The fraction of sp³-hybridized carbons (Fsp3) is 0.176. The molecule has 124 valence electrons. The standard InChI is InChI=1S/C17H17N3O3S/c1-12-6-7-16(15(9-12)13(2)21)24(22,23)18-10-14-11-20-8-4-3-5-17(20)19-14/h3-9,11,18H,10H2,1-2H3. The maximum Gasteiger partial charge on any atom is 0.241 e. The quantitative estimate of drug-likeness (QED) is 0.721. The highest BCUT2D eigenvalue weighted by atomic mass is 32.2. The number of ketones is 1. The Morgan fingerprint density at radius 2 is 2.04 bits per heavy atom. The minimum absolute atomic E-state index is 0.00985. The summed E-state index contributed by atoms with van der Waals surface area (Å²) in [6, 6.07) is 10.3. The van der Waals surface area contributed by atoms with Crippen molar-refractivity contribution in [3.8, 4) is 0 Å². The van der Waals surface area contributed by atoms with Crippen LogP contribution in [0.4, 0.5) is 0 Å². The number of carbonyl (C=O) groups is 1. The van der Waals surface area contributed by atoms with Crippen molar-refractivity contribution in [3.63, 3.8) is 0 Å². The predicted octanol–water partition coefficient (Wildman–Crippen LogP) is 2.32. The van der Waals surface area contributed by atoms with Crippen LogP contribution < -0.4 is 4.72 Å². The van der Waals surface area contributed by atoms with E-state index in [4.69, 9.17) is 0 Å². The van der Waals surface area contributed by atoms with E-state index in [2.05, 4.69) is 9.71 Å². The zero-order valence-electron chi connectivity index (χ0n) is 13.4. The molecule has 0 saturated heterocycles. The van der Waals surface area contributed by atoms with E-state index in [1.165, 1.54) is 13.0 Å². The highest BCUT2D eigenvalue weighted by Crippen LogP contribution is 2.18. The molecular weight excluding hydrogens is 326 g/mol. The second-order valence-corrected chi connectivity index (χ2v) is 7.31. The number of rotatable bonds is 5. The lowest BCUT2D eigenvalue weighted by atomic mass is 10.1. The van der Waals surface area contributed by atoms with E-state index in [9.17, 15) is 13.2 Å². The number of pyridine rings is 1. The van der Waals surface area contributed by atoms with Gasteiger partial charge in [0.25, 0.3) is 0 Å². The number of sulfonamides is 1. The molecule has 0 aliphatic carbocycles. The van der Waals surface area contributed by atoms with Gasteiger partial charge < -0.3 is 4.40 Å². The number of Topliss-reactive ketones (excluding diaryl/α,β-unsaturated/α-hetero) is 1. The molecule has 2 heterocycles. The minimum Gasteiger partial charge on any atom is -0.307 e. The van der Waals surface area contributed by atoms with Gasteiger partial charge in [-0.1, -0.05) is 17.7 Å². The molecule has 3 rings (SSSR count). The smallest absolute Gasteiger partial charge is 0.241 e. The van der Waals surface area contributed by atoms with Gasteiger partial charge in [-0.2, -0.15) is 0 Å². The fourth-order valence-corrected chi connectivity index (χ4v) is 3.71. The summed E-state index contributed by atoms with van der Waals surface area (Å²) in [5, 5.41) is 0. The van der Waals surface area contributed by atoms with Crippen LogP contribution in [-0.2, 0) is 16.6 Å². The lowest BCUT2D eigenvalue weighted by Crippen LogP contribution is -2.25. The van der Waals surface area contributed by atoms with Gasteiger partial charge in [0.15, 0.2) is 5.78 Å². The molecule has 0 fully saturated rings. The van der Waals surface area contributed by atoms with Crippen LogP contribution in [0.1, 0.15) is 28.5 Å². The van der Waals surface area contributed by atoms with Gasteiger partial charge in [-0.25, -0.2) is 18.1 Å². The van der Waals surface area contributed by atoms with Crippen molar-refractivity contribution >= 4 is 21.5 Å². The molecule has 6 nitrogen and oxygen atoms in total. The summed E-state index contributed by atoms with van der Waals surface area (Å²) in [5.41, 5.74) is 2.37. The molecule has 0 radical (unpaired) electrons. The van der Waals surface area contributed by atoms with Crippen LogP contribution in [0.3, 0.4) is 0 Å². The van der Waals surface area contributed by atoms with Gasteiger partial charge in [0.05, 0.1) is 17.1 Å². The second kappa shape index (κ2) is 6.18. The Morgan fingerprint density at radius 1 is 1.25 bits per heavy atom. The molecule has 0 aliphatic heterocycles. The van der Waals surface area contributed by atoms with E-state index >= 15 is 0 Å². The van der Waals surface area contributed by atoms with Gasteiger partial charge in [0.2, 0.25) is 10.0 Å². The van der Waals surface area contributed by atoms with E-state index in [0.717, 1.165) is 11.2 Å². The van der Waals surface area contributed by atoms with Crippen molar-refractivity contribution < 1.29 is 13.2 Å². The number of hydrogen-bond acceptors (Lipinski definition) is 4. The van der Waals surface area contributed by atoms with Crippen molar-refractivity contribution in [2.45, 2.75) is 25.3 Å². The maximum absolute atomic E-state index is 12.6. The van der Waals surface area contributed by atoms with Crippen molar-refractivity contribution in [1.82, 2.24) is 14.1 Å². The van der Waals surface area contributed by atoms with Crippen molar-refractivity contribution in [2.75, 3.05) is 0 Å². The molecule has 24 heavy (non-hydrogen) atoms. The van der Waals surface area contributed by atoms with Gasteiger partial charge >= 0.3 is 0 Å². The van der Waals surface area contributed by atoms with Crippen molar-refractivity contribution in [3.05, 3.63) is 65.6 Å². The number of imidazole rings is 1. The fourth-order valence-electron chi connectivity index (χ4n) is 2.47. The van der Waals surface area contributed by atoms with E-state index < -0.39 is 10.0 Å². The largest absolute Gasteiger partial charge is 0.307 e. The Bertz CT molecular complexity index is 989. The highest BCUT2D eigenvalue weighted by Gasteiger charge is 2.21. The van der Waals surface area contributed by atoms with Gasteiger partial charge in [-0.15, -0.1) is 0 Å². The first-order valence-corrected chi connectivity index (χ1v) is 8.89. The van der Waals surface area contributed by atoms with Gasteiger partial charge in [0.1, 0.15) is 5.65 Å². The summed E-state index contributed by atoms with van der Waals surface area (Å²) < 4.78 is 29.4. The number of nitrogens with one attached hydrogen (secondary N) is 1. The molecule has 1 aromatic carbocycles. The Hall–Kier alpha value is -2.51. The molecule has 0 bridgehead atoms. The lowest BCUT2D eigenvalue weighted by molar-refractivity contribution is 0.101. The van der Waals surface area contributed by atoms with E-state index in [0.29, 0.717) is 5.69 Å². The third-order valence-electron chi connectivity index (χ3n) is 3.66. The molecule has 3 aromatic rings. The summed E-state index contributed by atoms with van der Waals surface area (Å²) in [4.78, 5) is 16.1. The molecule has 0 aliphatic rings. The van der Waals surface area contributed by atoms with Crippen LogP contribution in [0.15, 0.2) is 53.7 Å². The first-order chi connectivity index (χ1) is 11.4. The van der Waals surface area contributed by atoms with E-state index in [1.54, 1.807) is 18.3 Å². The summed E-state index contributed by atoms with van der Waals surface area (Å²) >= 11 is 0. The zero-order valence-corrected chi connectivity index (χ0v) is 14.2. The molecule has 0 atom stereocenters. The summed E-state index contributed by atoms with van der Waals surface area (Å²) in [6.45, 7) is 3.22. The van der Waals surface area contributed by atoms with Gasteiger partial charge in [-0.05, 0) is 38.1 Å². The first kappa shape index (κ1) is 16.4. The SMILES string of the molecule is CC(=O)c1cc(C)ccc1S(=O)(=O)NCc1cn2ccccc2n1. The zero-order chi connectivity index (χ0) is 17.3. The van der Waals surface area contributed by atoms with Crippen LogP contribution in [0, 0.1) is 6.92 Å². The summed E-state index contributed by atoms with van der Waals surface area (Å²) in [7, 11) is -3.81. The normalized spacial score (nSPS) is 11.8. The van der Waals surface area contributed by atoms with Crippen LogP contribution >= 0.6 is 0 Å². The highest BCUT2D eigenvalue weighted by molar-refractivity contribution is 7.89. The average molecular weight is 343 g/mol. The number of hydrogen-bond donors (Lipinski definition) is 1. The third kappa shape index (κ3) is 3.22. The lowest BCUT2D eigenvalue weighted by Gasteiger charge is -2.10. The van der Waals surface area contributed by atoms with Crippen LogP contribution in [0.25, 0.3) is 5.65 Å². The van der Waals surface area contributed by atoms with E-state index in [-0.39, 0.29) is 22.8 Å². The Kier molecular flexibility index (Phi) is 4.21. The number of fused-ring (bicyclic) bond motifs is 1. The Morgan fingerprint density at radius 3 is 2.75 bits per heavy atom. The number of carbonyl (C=O) groups excluding carboxylic acids is 1. The molecule has 7 heteroatoms. The minimum atomic E-state index is -3.81. The van der Waals surface area contributed by atoms with Crippen molar-refractivity contribution in [1.29, 1.82) is 0 Å². The van der Waals surface area contributed by atoms with Gasteiger partial charge in [-0.3, -0.25) is 4.79 Å². The molecule has 2 aromatic heterocycles. The number of nitrogens with zero attached hydrogens (tertiary/aromatic N) is 2. The second-order valence-electron chi connectivity index (χ2n) is 5.58. The predicted molar refractivity (Wildman–Crippen MR) is 90.4 cm³/mol. The van der Waals surface area contributed by atoms with Gasteiger partial charge in [0, 0.05) is 18.0 Å². The number of benzene rings is 1.